The second kappa shape index (κ2) is 5.31. The van der Waals surface area contributed by atoms with Gasteiger partial charge in [-0.2, -0.15) is 0 Å². The van der Waals surface area contributed by atoms with Gasteiger partial charge in [-0.25, -0.2) is 0 Å². The lowest BCUT2D eigenvalue weighted by atomic mass is 9.88. The van der Waals surface area contributed by atoms with Crippen molar-refractivity contribution >= 4 is 0 Å². The van der Waals surface area contributed by atoms with E-state index in [-0.39, 0.29) is 0 Å². The van der Waals surface area contributed by atoms with Crippen LogP contribution in [-0.4, -0.2) is 30.6 Å². The Morgan fingerprint density at radius 3 is 2.53 bits per heavy atom. The molecule has 1 aliphatic rings. The van der Waals surface area contributed by atoms with Gasteiger partial charge in [-0.15, -0.1) is 0 Å². The lowest BCUT2D eigenvalue weighted by Crippen LogP contribution is -2.47. The molecule has 2 heteroatoms. The van der Waals surface area contributed by atoms with Gasteiger partial charge in [0, 0.05) is 12.6 Å². The van der Waals surface area contributed by atoms with E-state index >= 15 is 0 Å². The molecule has 0 aromatic rings. The van der Waals surface area contributed by atoms with Crippen molar-refractivity contribution in [2.75, 3.05) is 19.6 Å². The molecule has 1 heterocycles. The highest BCUT2D eigenvalue weighted by Gasteiger charge is 2.25. The van der Waals surface area contributed by atoms with Crippen LogP contribution in [0.2, 0.25) is 0 Å². The molecule has 90 valence electrons. The molecular weight excluding hydrogens is 184 g/mol. The van der Waals surface area contributed by atoms with Gasteiger partial charge in [0.2, 0.25) is 0 Å². The van der Waals surface area contributed by atoms with Gasteiger partial charge in [-0.1, -0.05) is 34.1 Å². The molecule has 2 atom stereocenters. The average Bonchev–Trinajstić information content (AvgIpc) is 2.15. The van der Waals surface area contributed by atoms with Gasteiger partial charge in [0.15, 0.2) is 0 Å². The molecule has 0 bridgehead atoms. The van der Waals surface area contributed by atoms with E-state index in [1.165, 1.54) is 38.9 Å². The van der Waals surface area contributed by atoms with Crippen molar-refractivity contribution in [3.8, 4) is 0 Å². The molecule has 0 aromatic heterocycles. The summed E-state index contributed by atoms with van der Waals surface area (Å²) in [6.07, 6.45) is 3.70. The maximum atomic E-state index is 6.11. The molecule has 2 nitrogen and oxygen atoms in total. The van der Waals surface area contributed by atoms with Crippen LogP contribution in [0.4, 0.5) is 0 Å². The molecule has 0 spiro atoms. The molecule has 0 aromatic carbocycles. The number of nitrogens with two attached hydrogens (primary N) is 1. The van der Waals surface area contributed by atoms with E-state index < -0.39 is 0 Å². The molecule has 0 amide bonds. The summed E-state index contributed by atoms with van der Waals surface area (Å²) in [4.78, 5) is 2.60. The topological polar surface area (TPSA) is 29.3 Å². The highest BCUT2D eigenvalue weighted by molar-refractivity contribution is 4.82. The number of likely N-dealkylation sites (tertiary alicyclic amines) is 1. The van der Waals surface area contributed by atoms with Crippen molar-refractivity contribution in [3.05, 3.63) is 0 Å². The zero-order valence-electron chi connectivity index (χ0n) is 10.9. The predicted molar refractivity (Wildman–Crippen MR) is 66.9 cm³/mol. The summed E-state index contributed by atoms with van der Waals surface area (Å²) in [5.41, 5.74) is 6.57. The van der Waals surface area contributed by atoms with Crippen LogP contribution in [0, 0.1) is 11.3 Å². The Hall–Kier alpha value is -0.0800. The summed E-state index contributed by atoms with van der Waals surface area (Å²) >= 11 is 0. The van der Waals surface area contributed by atoms with Gasteiger partial charge in [0.05, 0.1) is 0 Å². The molecule has 1 saturated heterocycles. The van der Waals surface area contributed by atoms with Crippen LogP contribution in [-0.2, 0) is 0 Å². The number of hydrogen-bond donors (Lipinski definition) is 1. The molecule has 1 rings (SSSR count). The minimum Gasteiger partial charge on any atom is -0.327 e. The second-order valence-corrected chi connectivity index (χ2v) is 6.23. The summed E-state index contributed by atoms with van der Waals surface area (Å²) < 4.78 is 0. The highest BCUT2D eigenvalue weighted by Crippen LogP contribution is 2.22. The first-order valence-corrected chi connectivity index (χ1v) is 6.40. The molecule has 2 N–H and O–H groups in total. The van der Waals surface area contributed by atoms with E-state index in [0.717, 1.165) is 5.92 Å². The van der Waals surface area contributed by atoms with Crippen LogP contribution in [0.25, 0.3) is 0 Å². The lowest BCUT2D eigenvalue weighted by molar-refractivity contribution is 0.136. The van der Waals surface area contributed by atoms with Crippen LogP contribution < -0.4 is 5.73 Å². The van der Waals surface area contributed by atoms with Crippen molar-refractivity contribution < 1.29 is 0 Å². The van der Waals surface area contributed by atoms with Crippen LogP contribution in [0.15, 0.2) is 0 Å². The zero-order valence-corrected chi connectivity index (χ0v) is 10.9. The predicted octanol–water partition coefficient (Wildman–Crippen LogP) is 2.48. The van der Waals surface area contributed by atoms with E-state index in [4.69, 9.17) is 5.73 Å². The van der Waals surface area contributed by atoms with Crippen molar-refractivity contribution in [2.24, 2.45) is 17.1 Å². The minimum atomic E-state index is 0.445. The molecule has 0 aliphatic carbocycles. The average molecular weight is 212 g/mol. The summed E-state index contributed by atoms with van der Waals surface area (Å²) in [6, 6.07) is 0.445. The molecule has 0 saturated carbocycles. The van der Waals surface area contributed by atoms with Gasteiger partial charge >= 0.3 is 0 Å². The first-order chi connectivity index (χ1) is 6.92. The van der Waals surface area contributed by atoms with Crippen LogP contribution >= 0.6 is 0 Å². The first-order valence-electron chi connectivity index (χ1n) is 6.40. The number of hydrogen-bond acceptors (Lipinski definition) is 2. The fourth-order valence-electron chi connectivity index (χ4n) is 2.25. The summed E-state index contributed by atoms with van der Waals surface area (Å²) in [5.74, 6) is 0.721. The summed E-state index contributed by atoms with van der Waals surface area (Å²) in [5, 5.41) is 0. The fraction of sp³-hybridized carbons (Fsp3) is 1.00. The normalized spacial score (nSPS) is 29.4. The molecule has 1 aliphatic heterocycles. The number of rotatable bonds is 3. The van der Waals surface area contributed by atoms with E-state index in [1.807, 2.05) is 0 Å². The van der Waals surface area contributed by atoms with Crippen LogP contribution in [0.1, 0.15) is 47.0 Å². The zero-order chi connectivity index (χ0) is 11.5. The Morgan fingerprint density at radius 1 is 1.33 bits per heavy atom. The van der Waals surface area contributed by atoms with Crippen LogP contribution in [0.5, 0.6) is 0 Å². The van der Waals surface area contributed by atoms with Gasteiger partial charge in [-0.3, -0.25) is 0 Å². The Balaban J connectivity index is 2.32. The SMILES string of the molecule is CCC1CN(CCC(C)(C)C)CCC1N. The third-order valence-corrected chi connectivity index (χ3v) is 3.58. The van der Waals surface area contributed by atoms with Gasteiger partial charge < -0.3 is 10.6 Å². The Labute approximate surface area is 95.2 Å². The third kappa shape index (κ3) is 4.52. The maximum absolute atomic E-state index is 6.11. The Bertz CT molecular complexity index is 183. The van der Waals surface area contributed by atoms with Crippen molar-refractivity contribution in [1.29, 1.82) is 0 Å². The van der Waals surface area contributed by atoms with Crippen molar-refractivity contribution in [2.45, 2.75) is 53.0 Å². The molecule has 2 unspecified atom stereocenters. The minimum absolute atomic E-state index is 0.445. The summed E-state index contributed by atoms with van der Waals surface area (Å²) in [7, 11) is 0. The number of piperidine rings is 1. The van der Waals surface area contributed by atoms with Gasteiger partial charge in [-0.05, 0) is 37.3 Å². The molecular formula is C13H28N2. The second-order valence-electron chi connectivity index (χ2n) is 6.23. The first kappa shape index (κ1) is 13.0. The smallest absolute Gasteiger partial charge is 0.00914 e. The van der Waals surface area contributed by atoms with E-state index in [0.29, 0.717) is 11.5 Å². The van der Waals surface area contributed by atoms with Crippen molar-refractivity contribution in [1.82, 2.24) is 4.90 Å². The molecule has 0 radical (unpaired) electrons. The third-order valence-electron chi connectivity index (χ3n) is 3.58. The molecule has 1 fully saturated rings. The molecule has 15 heavy (non-hydrogen) atoms. The van der Waals surface area contributed by atoms with E-state index in [9.17, 15) is 0 Å². The maximum Gasteiger partial charge on any atom is 0.00914 e. The Morgan fingerprint density at radius 2 is 2.00 bits per heavy atom. The largest absolute Gasteiger partial charge is 0.327 e. The highest BCUT2D eigenvalue weighted by atomic mass is 15.1. The van der Waals surface area contributed by atoms with Gasteiger partial charge in [0.25, 0.3) is 0 Å². The fourth-order valence-corrected chi connectivity index (χ4v) is 2.25. The van der Waals surface area contributed by atoms with Crippen LogP contribution in [0.3, 0.4) is 0 Å². The standard InChI is InChI=1S/C13H28N2/c1-5-11-10-15(8-6-12(11)14)9-7-13(2,3)4/h11-12H,5-10,14H2,1-4H3. The summed E-state index contributed by atoms with van der Waals surface area (Å²) in [6.45, 7) is 12.9. The monoisotopic (exact) mass is 212 g/mol. The lowest BCUT2D eigenvalue weighted by Gasteiger charge is -2.37. The quantitative estimate of drug-likeness (QED) is 0.779. The van der Waals surface area contributed by atoms with E-state index in [1.54, 1.807) is 0 Å². The Kier molecular flexibility index (Phi) is 4.60. The van der Waals surface area contributed by atoms with Crippen molar-refractivity contribution in [3.63, 3.8) is 0 Å². The van der Waals surface area contributed by atoms with E-state index in [2.05, 4.69) is 32.6 Å². The number of nitrogens with zero attached hydrogens (tertiary/aromatic N) is 1. The van der Waals surface area contributed by atoms with Gasteiger partial charge in [0.1, 0.15) is 0 Å².